The van der Waals surface area contributed by atoms with Crippen LogP contribution in [0.25, 0.3) is 0 Å². The van der Waals surface area contributed by atoms with Crippen LogP contribution in [-0.2, 0) is 11.2 Å². The number of hydrogen-bond acceptors (Lipinski definition) is 3. The van der Waals surface area contributed by atoms with Crippen LogP contribution in [0.3, 0.4) is 0 Å². The number of benzene rings is 1. The van der Waals surface area contributed by atoms with Gasteiger partial charge in [0.1, 0.15) is 5.75 Å². The lowest BCUT2D eigenvalue weighted by molar-refractivity contribution is -0.120. The molecule has 0 atom stereocenters. The fourth-order valence-corrected chi connectivity index (χ4v) is 1.72. The van der Waals surface area contributed by atoms with E-state index in [-0.39, 0.29) is 12.0 Å². The standard InChI is InChI=1S/C15H24N2O2/c1-4-16-8-9-17-15(18)11-13-6-5-7-14(10-13)19-12(2)3/h5-7,10,12,16H,4,8-9,11H2,1-3H3,(H,17,18). The number of likely N-dealkylation sites (N-methyl/N-ethyl adjacent to an activating group) is 1. The van der Waals surface area contributed by atoms with Crippen molar-refractivity contribution in [2.24, 2.45) is 0 Å². The van der Waals surface area contributed by atoms with Crippen LogP contribution in [0.1, 0.15) is 26.3 Å². The zero-order chi connectivity index (χ0) is 14.1. The second-order valence-corrected chi connectivity index (χ2v) is 4.69. The Labute approximate surface area is 115 Å². The molecule has 0 radical (unpaired) electrons. The zero-order valence-electron chi connectivity index (χ0n) is 12.0. The van der Waals surface area contributed by atoms with Crippen molar-refractivity contribution in [3.8, 4) is 5.75 Å². The quantitative estimate of drug-likeness (QED) is 0.703. The summed E-state index contributed by atoms with van der Waals surface area (Å²) in [5.41, 5.74) is 0.971. The molecule has 0 aromatic heterocycles. The normalized spacial score (nSPS) is 10.5. The smallest absolute Gasteiger partial charge is 0.224 e. The molecule has 0 saturated heterocycles. The molecule has 1 aromatic carbocycles. The van der Waals surface area contributed by atoms with Gasteiger partial charge in [0.25, 0.3) is 0 Å². The zero-order valence-corrected chi connectivity index (χ0v) is 12.0. The number of ether oxygens (including phenoxy) is 1. The maximum atomic E-state index is 11.7. The van der Waals surface area contributed by atoms with Gasteiger partial charge in [0.15, 0.2) is 0 Å². The predicted octanol–water partition coefficient (Wildman–Crippen LogP) is 1.74. The molecular weight excluding hydrogens is 240 g/mol. The Morgan fingerprint density at radius 1 is 1.32 bits per heavy atom. The number of carbonyl (C=O) groups excluding carboxylic acids is 1. The SMILES string of the molecule is CCNCCNC(=O)Cc1cccc(OC(C)C)c1. The molecule has 0 aliphatic carbocycles. The number of amides is 1. The third-order valence-electron chi connectivity index (χ3n) is 2.51. The molecule has 0 unspecified atom stereocenters. The van der Waals surface area contributed by atoms with Crippen LogP contribution >= 0.6 is 0 Å². The van der Waals surface area contributed by atoms with Gasteiger partial charge in [0.2, 0.25) is 5.91 Å². The van der Waals surface area contributed by atoms with Crippen molar-refractivity contribution in [3.63, 3.8) is 0 Å². The summed E-state index contributed by atoms with van der Waals surface area (Å²) in [6.45, 7) is 8.40. The van der Waals surface area contributed by atoms with Gasteiger partial charge in [-0.05, 0) is 38.1 Å². The van der Waals surface area contributed by atoms with E-state index in [2.05, 4.69) is 10.6 Å². The summed E-state index contributed by atoms with van der Waals surface area (Å²) in [5, 5.41) is 6.05. The average Bonchev–Trinajstić information content (AvgIpc) is 2.34. The van der Waals surface area contributed by atoms with E-state index in [4.69, 9.17) is 4.74 Å². The fraction of sp³-hybridized carbons (Fsp3) is 0.533. The molecule has 2 N–H and O–H groups in total. The Morgan fingerprint density at radius 3 is 2.79 bits per heavy atom. The molecule has 0 fully saturated rings. The van der Waals surface area contributed by atoms with E-state index in [0.717, 1.165) is 24.4 Å². The molecule has 106 valence electrons. The molecule has 0 saturated carbocycles. The lowest BCUT2D eigenvalue weighted by Gasteiger charge is -2.11. The highest BCUT2D eigenvalue weighted by Crippen LogP contribution is 2.15. The monoisotopic (exact) mass is 264 g/mol. The molecule has 1 aromatic rings. The molecule has 1 rings (SSSR count). The van der Waals surface area contributed by atoms with Crippen LogP contribution in [0.4, 0.5) is 0 Å². The van der Waals surface area contributed by atoms with Crippen molar-refractivity contribution in [2.45, 2.75) is 33.3 Å². The van der Waals surface area contributed by atoms with Crippen LogP contribution in [0.5, 0.6) is 5.75 Å². The first-order valence-electron chi connectivity index (χ1n) is 6.84. The van der Waals surface area contributed by atoms with E-state index in [1.165, 1.54) is 0 Å². The van der Waals surface area contributed by atoms with E-state index in [9.17, 15) is 4.79 Å². The van der Waals surface area contributed by atoms with Gasteiger partial charge in [0, 0.05) is 13.1 Å². The van der Waals surface area contributed by atoms with Gasteiger partial charge in [-0.15, -0.1) is 0 Å². The highest BCUT2D eigenvalue weighted by atomic mass is 16.5. The molecule has 0 aliphatic heterocycles. The largest absolute Gasteiger partial charge is 0.491 e. The maximum absolute atomic E-state index is 11.7. The Bertz CT molecular complexity index is 391. The first-order valence-corrected chi connectivity index (χ1v) is 6.84. The number of carbonyl (C=O) groups is 1. The summed E-state index contributed by atoms with van der Waals surface area (Å²) >= 11 is 0. The molecule has 19 heavy (non-hydrogen) atoms. The van der Waals surface area contributed by atoms with Gasteiger partial charge in [0.05, 0.1) is 12.5 Å². The van der Waals surface area contributed by atoms with E-state index in [0.29, 0.717) is 13.0 Å². The summed E-state index contributed by atoms with van der Waals surface area (Å²) in [5.74, 6) is 0.854. The summed E-state index contributed by atoms with van der Waals surface area (Å²) in [4.78, 5) is 11.7. The second-order valence-electron chi connectivity index (χ2n) is 4.69. The summed E-state index contributed by atoms with van der Waals surface area (Å²) in [6, 6.07) is 7.69. The third-order valence-corrected chi connectivity index (χ3v) is 2.51. The van der Waals surface area contributed by atoms with Crippen LogP contribution in [0, 0.1) is 0 Å². The van der Waals surface area contributed by atoms with Gasteiger partial charge in [-0.3, -0.25) is 4.79 Å². The molecule has 0 spiro atoms. The minimum atomic E-state index is 0.0413. The fourth-order valence-electron chi connectivity index (χ4n) is 1.72. The Kier molecular flexibility index (Phi) is 6.97. The molecular formula is C15H24N2O2. The summed E-state index contributed by atoms with van der Waals surface area (Å²) < 4.78 is 5.61. The third kappa shape index (κ3) is 6.82. The maximum Gasteiger partial charge on any atom is 0.224 e. The number of rotatable bonds is 8. The minimum Gasteiger partial charge on any atom is -0.491 e. The topological polar surface area (TPSA) is 50.4 Å². The van der Waals surface area contributed by atoms with Crippen LogP contribution in [0.15, 0.2) is 24.3 Å². The van der Waals surface area contributed by atoms with E-state index < -0.39 is 0 Å². The number of nitrogens with one attached hydrogen (secondary N) is 2. The summed E-state index contributed by atoms with van der Waals surface area (Å²) in [6.07, 6.45) is 0.533. The van der Waals surface area contributed by atoms with E-state index in [1.807, 2.05) is 45.0 Å². The lowest BCUT2D eigenvalue weighted by atomic mass is 10.1. The van der Waals surface area contributed by atoms with Crippen LogP contribution in [0.2, 0.25) is 0 Å². The molecule has 4 nitrogen and oxygen atoms in total. The van der Waals surface area contributed by atoms with Crippen molar-refractivity contribution in [1.29, 1.82) is 0 Å². The second kappa shape index (κ2) is 8.53. The minimum absolute atomic E-state index is 0.0413. The van der Waals surface area contributed by atoms with E-state index >= 15 is 0 Å². The average molecular weight is 264 g/mol. The summed E-state index contributed by atoms with van der Waals surface area (Å²) in [7, 11) is 0. The van der Waals surface area contributed by atoms with Crippen LogP contribution < -0.4 is 15.4 Å². The lowest BCUT2D eigenvalue weighted by Crippen LogP contribution is -2.32. The van der Waals surface area contributed by atoms with Gasteiger partial charge in [-0.25, -0.2) is 0 Å². The molecule has 0 aliphatic rings. The van der Waals surface area contributed by atoms with Crippen molar-refractivity contribution < 1.29 is 9.53 Å². The van der Waals surface area contributed by atoms with Crippen molar-refractivity contribution in [2.75, 3.05) is 19.6 Å². The molecule has 0 bridgehead atoms. The van der Waals surface area contributed by atoms with Gasteiger partial charge >= 0.3 is 0 Å². The Balaban J connectivity index is 2.41. The van der Waals surface area contributed by atoms with Crippen molar-refractivity contribution in [1.82, 2.24) is 10.6 Å². The van der Waals surface area contributed by atoms with Crippen molar-refractivity contribution >= 4 is 5.91 Å². The number of hydrogen-bond donors (Lipinski definition) is 2. The molecule has 4 heteroatoms. The Hall–Kier alpha value is -1.55. The Morgan fingerprint density at radius 2 is 2.11 bits per heavy atom. The first kappa shape index (κ1) is 15.5. The molecule has 1 amide bonds. The predicted molar refractivity (Wildman–Crippen MR) is 77.5 cm³/mol. The van der Waals surface area contributed by atoms with Gasteiger partial charge in [-0.1, -0.05) is 19.1 Å². The molecule has 0 heterocycles. The highest BCUT2D eigenvalue weighted by molar-refractivity contribution is 5.78. The van der Waals surface area contributed by atoms with Gasteiger partial charge in [-0.2, -0.15) is 0 Å². The van der Waals surface area contributed by atoms with E-state index in [1.54, 1.807) is 0 Å². The van der Waals surface area contributed by atoms with Gasteiger partial charge < -0.3 is 15.4 Å². The highest BCUT2D eigenvalue weighted by Gasteiger charge is 2.04. The van der Waals surface area contributed by atoms with Crippen LogP contribution in [-0.4, -0.2) is 31.6 Å². The van der Waals surface area contributed by atoms with Crippen molar-refractivity contribution in [3.05, 3.63) is 29.8 Å². The first-order chi connectivity index (χ1) is 9.11.